The Labute approximate surface area is 355 Å². The van der Waals surface area contributed by atoms with Gasteiger partial charge in [-0.05, 0) is 116 Å². The molecule has 0 radical (unpaired) electrons. The summed E-state index contributed by atoms with van der Waals surface area (Å²) in [6.07, 6.45) is 6.95. The lowest BCUT2D eigenvalue weighted by Gasteiger charge is -2.31. The molecule has 0 amide bonds. The number of rotatable bonds is 5. The number of anilines is 3. The van der Waals surface area contributed by atoms with Crippen molar-refractivity contribution in [1.82, 2.24) is 4.57 Å². The van der Waals surface area contributed by atoms with Gasteiger partial charge >= 0.3 is 0 Å². The van der Waals surface area contributed by atoms with E-state index in [2.05, 4.69) is 228 Å². The molecule has 10 aromatic rings. The van der Waals surface area contributed by atoms with Crippen LogP contribution in [0.15, 0.2) is 206 Å². The second-order valence-electron chi connectivity index (χ2n) is 16.7. The fraction of sp³-hybridized carbons (Fsp3) is 0.0508. The molecule has 1 aromatic heterocycles. The molecule has 0 saturated carbocycles. The smallest absolute Gasteiger partial charge is 0.0725 e. The van der Waals surface area contributed by atoms with Crippen molar-refractivity contribution >= 4 is 50.9 Å². The van der Waals surface area contributed by atoms with E-state index in [1.165, 1.54) is 93.6 Å². The largest absolute Gasteiger partial charge is 0.310 e. The molecule has 0 aliphatic heterocycles. The maximum atomic E-state index is 2.51. The highest BCUT2D eigenvalue weighted by molar-refractivity contribution is 6.07. The third kappa shape index (κ3) is 4.79. The second-order valence-corrected chi connectivity index (χ2v) is 16.7. The first kappa shape index (κ1) is 34.2. The summed E-state index contributed by atoms with van der Waals surface area (Å²) in [7, 11) is 0. The summed E-state index contributed by atoms with van der Waals surface area (Å²) in [5, 5.41) is 6.34. The number of para-hydroxylation sites is 1. The molecule has 0 unspecified atom stereocenters. The van der Waals surface area contributed by atoms with E-state index in [4.69, 9.17) is 0 Å². The van der Waals surface area contributed by atoms with Crippen molar-refractivity contribution in [3.05, 3.63) is 239 Å². The predicted octanol–water partition coefficient (Wildman–Crippen LogP) is 13.6. The van der Waals surface area contributed by atoms with Gasteiger partial charge in [-0.15, -0.1) is 0 Å². The van der Waals surface area contributed by atoms with Gasteiger partial charge in [-0.1, -0.05) is 176 Å². The lowest BCUT2D eigenvalue weighted by molar-refractivity contribution is 0.794. The minimum absolute atomic E-state index is 0.395. The Kier molecular flexibility index (Phi) is 7.38. The van der Waals surface area contributed by atoms with E-state index in [0.717, 1.165) is 29.9 Å². The Balaban J connectivity index is 1.10. The van der Waals surface area contributed by atoms with Crippen molar-refractivity contribution in [3.8, 4) is 39.1 Å². The van der Waals surface area contributed by atoms with Crippen LogP contribution in [0.1, 0.15) is 35.1 Å². The van der Waals surface area contributed by atoms with Crippen LogP contribution in [-0.2, 0) is 5.41 Å². The van der Waals surface area contributed by atoms with Gasteiger partial charge in [0, 0.05) is 38.4 Å². The van der Waals surface area contributed by atoms with Gasteiger partial charge in [-0.25, -0.2) is 0 Å². The zero-order valence-electron chi connectivity index (χ0n) is 33.6. The first-order valence-electron chi connectivity index (χ1n) is 21.5. The van der Waals surface area contributed by atoms with E-state index in [0.29, 0.717) is 0 Å². The number of aromatic nitrogens is 1. The predicted molar refractivity (Wildman–Crippen MR) is 255 cm³/mol. The fourth-order valence-electron chi connectivity index (χ4n) is 11.2. The maximum Gasteiger partial charge on any atom is 0.0725 e. The standard InChI is InChI=1S/C59H40N2/c1-3-17-39(18-4-1)43-34-36-57(48-25-8-7-21-44(43)48)60(42-31-33-50-49-26-12-16-30-56(49)61(58(50)38-42)40-19-5-2-6-20-40)41-32-35-55-51(37-41)47-24-11-15-29-54(47)59(55)52-27-13-9-22-45(52)46-23-10-14-28-53(46)59/h1-11,13-15,17-38H,12,16H2. The summed E-state index contributed by atoms with van der Waals surface area (Å²) in [6, 6.07) is 76.9. The molecule has 0 bridgehead atoms. The first-order valence-corrected chi connectivity index (χ1v) is 21.5. The van der Waals surface area contributed by atoms with Gasteiger partial charge in [0.25, 0.3) is 0 Å². The second kappa shape index (κ2) is 13.2. The number of fused-ring (bicyclic) bond motifs is 14. The topological polar surface area (TPSA) is 8.17 Å². The van der Waals surface area contributed by atoms with Gasteiger partial charge in [-0.3, -0.25) is 0 Å². The summed E-state index contributed by atoms with van der Waals surface area (Å²) in [4.78, 5) is 2.51. The number of benzene rings is 9. The molecule has 61 heavy (non-hydrogen) atoms. The van der Waals surface area contributed by atoms with Gasteiger partial charge in [0.15, 0.2) is 0 Å². The lowest BCUT2D eigenvalue weighted by atomic mass is 9.70. The molecule has 286 valence electrons. The summed E-state index contributed by atoms with van der Waals surface area (Å²) < 4.78 is 2.47. The quantitative estimate of drug-likeness (QED) is 0.169. The summed E-state index contributed by atoms with van der Waals surface area (Å²) in [6.45, 7) is 0. The highest BCUT2D eigenvalue weighted by atomic mass is 15.1. The average Bonchev–Trinajstić information content (AvgIpc) is 3.94. The van der Waals surface area contributed by atoms with E-state index in [-0.39, 0.29) is 0 Å². The molecule has 0 atom stereocenters. The van der Waals surface area contributed by atoms with Crippen molar-refractivity contribution in [2.75, 3.05) is 4.90 Å². The summed E-state index contributed by atoms with van der Waals surface area (Å²) in [5.41, 5.74) is 18.5. The molecule has 3 aliphatic rings. The molecule has 0 N–H and O–H groups in total. The Hall–Kier alpha value is -7.68. The molecule has 2 nitrogen and oxygen atoms in total. The molecule has 3 aliphatic carbocycles. The van der Waals surface area contributed by atoms with Crippen LogP contribution in [0, 0.1) is 0 Å². The third-order valence-electron chi connectivity index (χ3n) is 13.6. The van der Waals surface area contributed by atoms with E-state index < -0.39 is 5.41 Å². The van der Waals surface area contributed by atoms with Gasteiger partial charge in [-0.2, -0.15) is 0 Å². The Morgan fingerprint density at radius 2 is 0.951 bits per heavy atom. The van der Waals surface area contributed by atoms with Gasteiger partial charge in [0.2, 0.25) is 0 Å². The van der Waals surface area contributed by atoms with Crippen molar-refractivity contribution in [2.45, 2.75) is 18.3 Å². The molecule has 2 heteroatoms. The van der Waals surface area contributed by atoms with Crippen LogP contribution in [-0.4, -0.2) is 4.57 Å². The minimum atomic E-state index is -0.395. The molecule has 1 spiro atoms. The SMILES string of the molecule is C1=c2c(n(-c3ccccc3)c3cc(N(c4ccc5c(c4)-c4ccccc4C54c5ccccc5-c5ccccc54)c4ccc(-c5ccccc5)c5ccccc45)ccc23)=CCC1. The maximum absolute atomic E-state index is 2.51. The average molecular weight is 777 g/mol. The summed E-state index contributed by atoms with van der Waals surface area (Å²) >= 11 is 0. The van der Waals surface area contributed by atoms with Crippen LogP contribution in [0.25, 0.3) is 72.9 Å². The zero-order valence-corrected chi connectivity index (χ0v) is 33.6. The van der Waals surface area contributed by atoms with Crippen LogP contribution in [0.5, 0.6) is 0 Å². The van der Waals surface area contributed by atoms with Crippen molar-refractivity contribution in [3.63, 3.8) is 0 Å². The minimum Gasteiger partial charge on any atom is -0.310 e. The van der Waals surface area contributed by atoms with Crippen LogP contribution in [0.4, 0.5) is 17.1 Å². The summed E-state index contributed by atoms with van der Waals surface area (Å²) in [5.74, 6) is 0. The molecule has 1 heterocycles. The molecular formula is C59H40N2. The van der Waals surface area contributed by atoms with Crippen molar-refractivity contribution in [1.29, 1.82) is 0 Å². The highest BCUT2D eigenvalue weighted by Gasteiger charge is 2.51. The van der Waals surface area contributed by atoms with E-state index in [9.17, 15) is 0 Å². The van der Waals surface area contributed by atoms with E-state index in [1.807, 2.05) is 0 Å². The molecule has 0 saturated heterocycles. The number of nitrogens with zero attached hydrogens (tertiary/aromatic N) is 2. The van der Waals surface area contributed by atoms with Gasteiger partial charge < -0.3 is 9.47 Å². The lowest BCUT2D eigenvalue weighted by Crippen LogP contribution is -2.30. The molecule has 0 fully saturated rings. The molecule has 9 aromatic carbocycles. The van der Waals surface area contributed by atoms with Crippen LogP contribution in [0.3, 0.4) is 0 Å². The van der Waals surface area contributed by atoms with Crippen LogP contribution < -0.4 is 15.5 Å². The van der Waals surface area contributed by atoms with E-state index >= 15 is 0 Å². The Morgan fingerprint density at radius 1 is 0.393 bits per heavy atom. The van der Waals surface area contributed by atoms with Crippen LogP contribution in [0.2, 0.25) is 0 Å². The third-order valence-corrected chi connectivity index (χ3v) is 13.6. The normalized spacial score (nSPS) is 13.8. The monoisotopic (exact) mass is 776 g/mol. The number of hydrogen-bond donors (Lipinski definition) is 0. The van der Waals surface area contributed by atoms with E-state index in [1.54, 1.807) is 0 Å². The van der Waals surface area contributed by atoms with Crippen molar-refractivity contribution < 1.29 is 0 Å². The Morgan fingerprint density at radius 3 is 1.67 bits per heavy atom. The van der Waals surface area contributed by atoms with Crippen LogP contribution >= 0.6 is 0 Å². The highest BCUT2D eigenvalue weighted by Crippen LogP contribution is 2.63. The Bertz CT molecular complexity index is 3490. The van der Waals surface area contributed by atoms with Crippen molar-refractivity contribution in [2.24, 2.45) is 0 Å². The van der Waals surface area contributed by atoms with Gasteiger partial charge in [0.1, 0.15) is 0 Å². The molecule has 13 rings (SSSR count). The van der Waals surface area contributed by atoms with Gasteiger partial charge in [0.05, 0.1) is 16.6 Å². The molecular weight excluding hydrogens is 737 g/mol. The zero-order chi connectivity index (χ0) is 40.1. The first-order chi connectivity index (χ1) is 30.3. The number of hydrogen-bond acceptors (Lipinski definition) is 1. The fourth-order valence-corrected chi connectivity index (χ4v) is 11.2.